The van der Waals surface area contributed by atoms with Gasteiger partial charge in [-0.15, -0.1) is 0 Å². The average Bonchev–Trinajstić information content (AvgIpc) is 3.46. The first-order valence-electron chi connectivity index (χ1n) is 12.9. The smallest absolute Gasteiger partial charge is 0.416 e. The fourth-order valence-electron chi connectivity index (χ4n) is 5.61. The molecule has 6 rings (SSSR count). The van der Waals surface area contributed by atoms with Gasteiger partial charge in [0.05, 0.1) is 41.2 Å². The summed E-state index contributed by atoms with van der Waals surface area (Å²) < 4.78 is 73.5. The van der Waals surface area contributed by atoms with E-state index in [4.69, 9.17) is 19.0 Å². The lowest BCUT2D eigenvalue weighted by Crippen LogP contribution is -2.18. The van der Waals surface area contributed by atoms with Crippen molar-refractivity contribution in [3.05, 3.63) is 70.8 Å². The fraction of sp³-hybridized carbons (Fsp3) is 0.345. The van der Waals surface area contributed by atoms with Crippen LogP contribution in [0.15, 0.2) is 41.1 Å². The van der Waals surface area contributed by atoms with Crippen LogP contribution in [0.3, 0.4) is 0 Å². The second kappa shape index (κ2) is 9.88. The Hall–Kier alpha value is -3.99. The number of halogens is 4. The minimum Gasteiger partial charge on any atom is -0.496 e. The molecule has 3 aromatic heterocycles. The lowest BCUT2D eigenvalue weighted by atomic mass is 9.99. The number of aryl methyl sites for hydroxylation is 2. The third kappa shape index (κ3) is 4.57. The van der Waals surface area contributed by atoms with Crippen LogP contribution in [-0.4, -0.2) is 40.0 Å². The second-order valence-corrected chi connectivity index (χ2v) is 10.0. The number of rotatable bonds is 5. The summed E-state index contributed by atoms with van der Waals surface area (Å²) in [4.78, 5) is 9.56. The highest BCUT2D eigenvalue weighted by Crippen LogP contribution is 2.40. The predicted molar refractivity (Wildman–Crippen MR) is 140 cm³/mol. The molecular weight excluding hydrogens is 528 g/mol. The summed E-state index contributed by atoms with van der Waals surface area (Å²) in [6.45, 7) is 4.77. The van der Waals surface area contributed by atoms with Gasteiger partial charge in [-0.3, -0.25) is 4.98 Å². The number of methoxy groups -OCH3 is 1. The van der Waals surface area contributed by atoms with Crippen LogP contribution in [0.1, 0.15) is 47.2 Å². The van der Waals surface area contributed by atoms with Gasteiger partial charge in [-0.2, -0.15) is 13.2 Å². The zero-order valence-corrected chi connectivity index (χ0v) is 22.1. The number of alkyl halides is 3. The molecule has 208 valence electrons. The van der Waals surface area contributed by atoms with Crippen molar-refractivity contribution in [1.29, 1.82) is 0 Å². The average molecular weight is 555 g/mol. The third-order valence-electron chi connectivity index (χ3n) is 7.44. The van der Waals surface area contributed by atoms with Gasteiger partial charge < -0.3 is 18.6 Å². The summed E-state index contributed by atoms with van der Waals surface area (Å²) in [7, 11) is 1.56. The van der Waals surface area contributed by atoms with Crippen molar-refractivity contribution in [2.75, 3.05) is 20.3 Å². The van der Waals surface area contributed by atoms with E-state index < -0.39 is 17.6 Å². The molecular formula is C29H26F4N4O3. The molecule has 0 spiro atoms. The molecule has 0 N–H and O–H groups in total. The first-order valence-corrected chi connectivity index (χ1v) is 12.9. The Morgan fingerprint density at radius 1 is 1.05 bits per heavy atom. The standard InChI is InChI=1S/C29H26F4N4O3/c1-15-26(16(2)40-36-15)22-11-23-21(12-25(22)38-3)27-24(13-34-23)35-28(18-4-6-39-7-5-18)37(27)14-17-8-19(29(31,32)33)10-20(30)9-17/h8-13,18H,4-7,14H2,1-3H3. The molecule has 5 aromatic rings. The van der Waals surface area contributed by atoms with Gasteiger partial charge in [-0.1, -0.05) is 5.16 Å². The number of imidazole rings is 1. The van der Waals surface area contributed by atoms with Gasteiger partial charge in [0.1, 0.15) is 28.7 Å². The maximum Gasteiger partial charge on any atom is 0.416 e. The highest BCUT2D eigenvalue weighted by atomic mass is 19.4. The number of hydrogen-bond donors (Lipinski definition) is 0. The molecule has 11 heteroatoms. The Balaban J connectivity index is 1.59. The number of nitrogens with zero attached hydrogens (tertiary/aromatic N) is 4. The summed E-state index contributed by atoms with van der Waals surface area (Å²) in [6, 6.07) is 6.37. The van der Waals surface area contributed by atoms with Crippen LogP contribution in [0.2, 0.25) is 0 Å². The molecule has 0 unspecified atom stereocenters. The SMILES string of the molecule is COc1cc2c(cc1-c1c(C)noc1C)ncc1nc(C3CCOCC3)n(Cc3cc(F)cc(C(F)(F)F)c3)c12. The summed E-state index contributed by atoms with van der Waals surface area (Å²) in [5.41, 5.74) is 3.33. The van der Waals surface area contributed by atoms with Crippen LogP contribution in [-0.2, 0) is 17.5 Å². The topological polar surface area (TPSA) is 75.2 Å². The Bertz CT molecular complexity index is 1720. The van der Waals surface area contributed by atoms with Crippen molar-refractivity contribution < 1.29 is 31.6 Å². The van der Waals surface area contributed by atoms with Crippen LogP contribution in [0.5, 0.6) is 5.75 Å². The van der Waals surface area contributed by atoms with Crippen molar-refractivity contribution in [3.63, 3.8) is 0 Å². The van der Waals surface area contributed by atoms with Crippen molar-refractivity contribution in [3.8, 4) is 16.9 Å². The number of fused-ring (bicyclic) bond motifs is 3. The Kier molecular flexibility index (Phi) is 6.48. The van der Waals surface area contributed by atoms with Crippen molar-refractivity contribution >= 4 is 21.9 Å². The summed E-state index contributed by atoms with van der Waals surface area (Å²) >= 11 is 0. The maximum atomic E-state index is 14.4. The third-order valence-corrected chi connectivity index (χ3v) is 7.44. The zero-order valence-electron chi connectivity index (χ0n) is 22.1. The normalized spacial score (nSPS) is 14.9. The van der Waals surface area contributed by atoms with Crippen LogP contribution in [0, 0.1) is 19.7 Å². The van der Waals surface area contributed by atoms with Gasteiger partial charge in [0.2, 0.25) is 0 Å². The van der Waals surface area contributed by atoms with Gasteiger partial charge >= 0.3 is 6.18 Å². The molecule has 4 heterocycles. The monoisotopic (exact) mass is 554 g/mol. The minimum atomic E-state index is -4.67. The molecule has 0 aliphatic carbocycles. The minimum absolute atomic E-state index is 0.00290. The molecule has 40 heavy (non-hydrogen) atoms. The number of aromatic nitrogens is 4. The van der Waals surface area contributed by atoms with Gasteiger partial charge in [0, 0.05) is 36.6 Å². The predicted octanol–water partition coefficient (Wildman–Crippen LogP) is 6.97. The van der Waals surface area contributed by atoms with Crippen LogP contribution in [0.25, 0.3) is 33.1 Å². The van der Waals surface area contributed by atoms with Crippen molar-refractivity contribution in [1.82, 2.24) is 19.7 Å². The van der Waals surface area contributed by atoms with E-state index in [1.807, 2.05) is 30.5 Å². The molecule has 1 aliphatic rings. The first kappa shape index (κ1) is 26.2. The van der Waals surface area contributed by atoms with Crippen LogP contribution in [0.4, 0.5) is 17.6 Å². The molecule has 1 fully saturated rings. The quantitative estimate of drug-likeness (QED) is 0.219. The highest BCUT2D eigenvalue weighted by Gasteiger charge is 2.32. The molecule has 7 nitrogen and oxygen atoms in total. The number of hydrogen-bond acceptors (Lipinski definition) is 6. The molecule has 1 aliphatic heterocycles. The van der Waals surface area contributed by atoms with E-state index in [1.54, 1.807) is 13.3 Å². The molecule has 0 saturated carbocycles. The lowest BCUT2D eigenvalue weighted by Gasteiger charge is -2.23. The number of benzene rings is 2. The molecule has 0 radical (unpaired) electrons. The second-order valence-electron chi connectivity index (χ2n) is 10.0. The largest absolute Gasteiger partial charge is 0.496 e. The molecule has 1 saturated heterocycles. The van der Waals surface area contributed by atoms with Crippen LogP contribution < -0.4 is 4.74 Å². The van der Waals surface area contributed by atoms with E-state index in [2.05, 4.69) is 10.1 Å². The number of ether oxygens (including phenoxy) is 2. The molecule has 0 atom stereocenters. The van der Waals surface area contributed by atoms with E-state index in [1.165, 1.54) is 0 Å². The van der Waals surface area contributed by atoms with E-state index in [-0.39, 0.29) is 18.0 Å². The molecule has 2 aromatic carbocycles. The summed E-state index contributed by atoms with van der Waals surface area (Å²) in [5.74, 6) is 0.977. The van der Waals surface area contributed by atoms with Crippen LogP contribution >= 0.6 is 0 Å². The summed E-state index contributed by atoms with van der Waals surface area (Å²) in [5, 5.41) is 4.77. The van der Waals surface area contributed by atoms with E-state index in [0.717, 1.165) is 23.3 Å². The molecule has 0 bridgehead atoms. The number of pyridine rings is 1. The van der Waals surface area contributed by atoms with Crippen molar-refractivity contribution in [2.24, 2.45) is 0 Å². The van der Waals surface area contributed by atoms with Gasteiger partial charge in [0.25, 0.3) is 0 Å². The van der Waals surface area contributed by atoms with Gasteiger partial charge in [0.15, 0.2) is 0 Å². The van der Waals surface area contributed by atoms with E-state index >= 15 is 0 Å². The Morgan fingerprint density at radius 3 is 2.50 bits per heavy atom. The van der Waals surface area contributed by atoms with Gasteiger partial charge in [-0.05, 0) is 62.6 Å². The zero-order chi connectivity index (χ0) is 28.2. The maximum absolute atomic E-state index is 14.4. The Morgan fingerprint density at radius 2 is 1.82 bits per heavy atom. The Labute approximate surface area is 226 Å². The van der Waals surface area contributed by atoms with E-state index in [9.17, 15) is 17.6 Å². The van der Waals surface area contributed by atoms with Gasteiger partial charge in [-0.25, -0.2) is 9.37 Å². The summed E-state index contributed by atoms with van der Waals surface area (Å²) in [6.07, 6.45) is -1.58. The first-order chi connectivity index (χ1) is 19.1. The highest BCUT2D eigenvalue weighted by molar-refractivity contribution is 6.05. The lowest BCUT2D eigenvalue weighted by molar-refractivity contribution is -0.137. The van der Waals surface area contributed by atoms with E-state index in [0.29, 0.717) is 77.1 Å². The fourth-order valence-corrected chi connectivity index (χ4v) is 5.61. The molecule has 0 amide bonds. The van der Waals surface area contributed by atoms with Crippen molar-refractivity contribution in [2.45, 2.75) is 45.3 Å².